The Morgan fingerprint density at radius 2 is 2.09 bits per heavy atom. The van der Waals surface area contributed by atoms with Gasteiger partial charge in [-0.15, -0.1) is 0 Å². The molecule has 22 heavy (non-hydrogen) atoms. The summed E-state index contributed by atoms with van der Waals surface area (Å²) in [6.07, 6.45) is 1.97. The van der Waals surface area contributed by atoms with Crippen molar-refractivity contribution in [2.24, 2.45) is 0 Å². The first-order valence-electron chi connectivity index (χ1n) is 7.56. The molecule has 6 heteroatoms. The van der Waals surface area contributed by atoms with Crippen molar-refractivity contribution < 1.29 is 14.3 Å². The van der Waals surface area contributed by atoms with Crippen molar-refractivity contribution in [3.05, 3.63) is 22.2 Å². The van der Waals surface area contributed by atoms with E-state index in [0.717, 1.165) is 30.4 Å². The SMILES string of the molecule is CCOc1c(Br)cc(C(=O)N(C)C2CCNCC2)cc1OC. The van der Waals surface area contributed by atoms with Crippen LogP contribution in [0.1, 0.15) is 30.1 Å². The minimum Gasteiger partial charge on any atom is -0.493 e. The summed E-state index contributed by atoms with van der Waals surface area (Å²) in [5.74, 6) is 1.21. The number of ether oxygens (including phenoxy) is 2. The van der Waals surface area contributed by atoms with Crippen LogP contribution >= 0.6 is 15.9 Å². The zero-order valence-electron chi connectivity index (χ0n) is 13.3. The molecule has 0 bridgehead atoms. The molecule has 0 aromatic heterocycles. The van der Waals surface area contributed by atoms with Crippen LogP contribution in [0.3, 0.4) is 0 Å². The Balaban J connectivity index is 2.23. The maximum absolute atomic E-state index is 12.7. The molecule has 0 atom stereocenters. The number of amides is 1. The molecular formula is C16H23BrN2O3. The van der Waals surface area contributed by atoms with E-state index in [9.17, 15) is 4.79 Å². The highest BCUT2D eigenvalue weighted by Gasteiger charge is 2.24. The van der Waals surface area contributed by atoms with Crippen LogP contribution in [0, 0.1) is 0 Å². The lowest BCUT2D eigenvalue weighted by Gasteiger charge is -2.31. The molecule has 2 rings (SSSR count). The Hall–Kier alpha value is -1.27. The van der Waals surface area contributed by atoms with Crippen LogP contribution in [0.15, 0.2) is 16.6 Å². The molecule has 1 aromatic carbocycles. The molecule has 0 unspecified atom stereocenters. The van der Waals surface area contributed by atoms with E-state index in [1.807, 2.05) is 18.9 Å². The van der Waals surface area contributed by atoms with Gasteiger partial charge >= 0.3 is 0 Å². The number of nitrogens with one attached hydrogen (secondary N) is 1. The number of hydrogen-bond acceptors (Lipinski definition) is 4. The van der Waals surface area contributed by atoms with E-state index < -0.39 is 0 Å². The summed E-state index contributed by atoms with van der Waals surface area (Å²) in [5, 5.41) is 3.32. The molecule has 5 nitrogen and oxygen atoms in total. The van der Waals surface area contributed by atoms with Gasteiger partial charge in [0.05, 0.1) is 18.2 Å². The maximum Gasteiger partial charge on any atom is 0.254 e. The molecule has 1 saturated heterocycles. The largest absolute Gasteiger partial charge is 0.493 e. The van der Waals surface area contributed by atoms with Crippen molar-refractivity contribution >= 4 is 21.8 Å². The van der Waals surface area contributed by atoms with Crippen LogP contribution in [0.5, 0.6) is 11.5 Å². The van der Waals surface area contributed by atoms with Crippen LogP contribution in [0.2, 0.25) is 0 Å². The van der Waals surface area contributed by atoms with E-state index in [2.05, 4.69) is 21.2 Å². The summed E-state index contributed by atoms with van der Waals surface area (Å²) in [6.45, 7) is 4.37. The van der Waals surface area contributed by atoms with E-state index in [1.165, 1.54) is 0 Å². The smallest absolute Gasteiger partial charge is 0.254 e. The van der Waals surface area contributed by atoms with Gasteiger partial charge in [0.2, 0.25) is 0 Å². The fourth-order valence-electron chi connectivity index (χ4n) is 2.69. The molecule has 0 aliphatic carbocycles. The van der Waals surface area contributed by atoms with E-state index in [4.69, 9.17) is 9.47 Å². The Morgan fingerprint density at radius 1 is 1.41 bits per heavy atom. The van der Waals surface area contributed by atoms with E-state index in [-0.39, 0.29) is 11.9 Å². The van der Waals surface area contributed by atoms with Crippen molar-refractivity contribution in [2.75, 3.05) is 33.9 Å². The van der Waals surface area contributed by atoms with E-state index in [0.29, 0.717) is 23.7 Å². The fourth-order valence-corrected chi connectivity index (χ4v) is 3.25. The summed E-state index contributed by atoms with van der Waals surface area (Å²) in [5.41, 5.74) is 0.605. The molecule has 1 fully saturated rings. The fraction of sp³-hybridized carbons (Fsp3) is 0.562. The monoisotopic (exact) mass is 370 g/mol. The van der Waals surface area contributed by atoms with Crippen molar-refractivity contribution in [1.82, 2.24) is 10.2 Å². The second kappa shape index (κ2) is 7.83. The summed E-state index contributed by atoms with van der Waals surface area (Å²) in [7, 11) is 3.45. The highest BCUT2D eigenvalue weighted by molar-refractivity contribution is 9.10. The molecule has 122 valence electrons. The van der Waals surface area contributed by atoms with E-state index in [1.54, 1.807) is 19.2 Å². The number of methoxy groups -OCH3 is 1. The Bertz CT molecular complexity index is 530. The molecule has 0 spiro atoms. The third kappa shape index (κ3) is 3.73. The zero-order chi connectivity index (χ0) is 16.1. The number of rotatable bonds is 5. The van der Waals surface area contributed by atoms with Crippen LogP contribution in [-0.2, 0) is 0 Å². The van der Waals surface area contributed by atoms with Crippen LogP contribution in [-0.4, -0.2) is 50.7 Å². The van der Waals surface area contributed by atoms with Crippen LogP contribution in [0.4, 0.5) is 0 Å². The second-order valence-corrected chi connectivity index (χ2v) is 6.17. The number of halogens is 1. The molecule has 1 aliphatic rings. The topological polar surface area (TPSA) is 50.8 Å². The summed E-state index contributed by atoms with van der Waals surface area (Å²) < 4.78 is 11.7. The summed E-state index contributed by atoms with van der Waals surface area (Å²) in [4.78, 5) is 14.6. The average molecular weight is 371 g/mol. The molecule has 1 heterocycles. The van der Waals surface area contributed by atoms with Gasteiger partial charge in [0.25, 0.3) is 5.91 Å². The second-order valence-electron chi connectivity index (χ2n) is 5.32. The van der Waals surface area contributed by atoms with Gasteiger partial charge in [0.15, 0.2) is 11.5 Å². The number of hydrogen-bond donors (Lipinski definition) is 1. The van der Waals surface area contributed by atoms with Gasteiger partial charge < -0.3 is 19.7 Å². The Labute approximate surface area is 140 Å². The highest BCUT2D eigenvalue weighted by atomic mass is 79.9. The third-order valence-electron chi connectivity index (χ3n) is 3.94. The predicted octanol–water partition coefficient (Wildman–Crippen LogP) is 2.68. The lowest BCUT2D eigenvalue weighted by molar-refractivity contribution is 0.0702. The number of carbonyl (C=O) groups excluding carboxylic acids is 1. The first kappa shape index (κ1) is 17.1. The first-order chi connectivity index (χ1) is 10.6. The third-order valence-corrected chi connectivity index (χ3v) is 4.53. The molecule has 1 aromatic rings. The lowest BCUT2D eigenvalue weighted by Crippen LogP contribution is -2.43. The molecule has 1 amide bonds. The van der Waals surface area contributed by atoms with Crippen molar-refractivity contribution in [3.63, 3.8) is 0 Å². The van der Waals surface area contributed by atoms with Crippen molar-refractivity contribution in [3.8, 4) is 11.5 Å². The van der Waals surface area contributed by atoms with Gasteiger partial charge in [0.1, 0.15) is 0 Å². The maximum atomic E-state index is 12.7. The average Bonchev–Trinajstić information content (AvgIpc) is 2.56. The number of piperidine rings is 1. The minimum atomic E-state index is 0.00829. The van der Waals surface area contributed by atoms with E-state index >= 15 is 0 Å². The minimum absolute atomic E-state index is 0.00829. The van der Waals surface area contributed by atoms with Gasteiger partial charge in [-0.25, -0.2) is 0 Å². The molecule has 0 radical (unpaired) electrons. The van der Waals surface area contributed by atoms with Gasteiger partial charge in [0, 0.05) is 18.7 Å². The van der Waals surface area contributed by atoms with Crippen LogP contribution in [0.25, 0.3) is 0 Å². The number of carbonyl (C=O) groups is 1. The van der Waals surface area contributed by atoms with Gasteiger partial charge in [-0.2, -0.15) is 0 Å². The quantitative estimate of drug-likeness (QED) is 0.865. The predicted molar refractivity (Wildman–Crippen MR) is 89.8 cm³/mol. The normalized spacial score (nSPS) is 15.5. The standard InChI is InChI=1S/C16H23BrN2O3/c1-4-22-15-13(17)9-11(10-14(15)21-3)16(20)19(2)12-5-7-18-8-6-12/h9-10,12,18H,4-8H2,1-3H3. The molecular weight excluding hydrogens is 348 g/mol. The first-order valence-corrected chi connectivity index (χ1v) is 8.36. The summed E-state index contributed by atoms with van der Waals surface area (Å²) in [6, 6.07) is 3.83. The molecule has 1 N–H and O–H groups in total. The van der Waals surface area contributed by atoms with Gasteiger partial charge in [-0.1, -0.05) is 0 Å². The van der Waals surface area contributed by atoms with Crippen LogP contribution < -0.4 is 14.8 Å². The van der Waals surface area contributed by atoms with Crippen molar-refractivity contribution in [1.29, 1.82) is 0 Å². The van der Waals surface area contributed by atoms with Gasteiger partial charge in [-0.05, 0) is 60.9 Å². The highest BCUT2D eigenvalue weighted by Crippen LogP contribution is 2.37. The Morgan fingerprint density at radius 3 is 2.68 bits per heavy atom. The molecule has 1 aliphatic heterocycles. The molecule has 0 saturated carbocycles. The summed E-state index contributed by atoms with van der Waals surface area (Å²) >= 11 is 3.47. The lowest BCUT2D eigenvalue weighted by atomic mass is 10.0. The number of benzene rings is 1. The Kier molecular flexibility index (Phi) is 6.08. The zero-order valence-corrected chi connectivity index (χ0v) is 14.9. The van der Waals surface area contributed by atoms with Crippen molar-refractivity contribution in [2.45, 2.75) is 25.8 Å². The number of nitrogens with zero attached hydrogens (tertiary/aromatic N) is 1. The van der Waals surface area contributed by atoms with Gasteiger partial charge in [-0.3, -0.25) is 4.79 Å².